The van der Waals surface area contributed by atoms with Gasteiger partial charge in [-0.1, -0.05) is 22.9 Å². The minimum absolute atomic E-state index is 0.264. The van der Waals surface area contributed by atoms with Crippen LogP contribution in [-0.2, 0) is 4.79 Å². The van der Waals surface area contributed by atoms with Crippen molar-refractivity contribution in [1.82, 2.24) is 14.6 Å². The van der Waals surface area contributed by atoms with Crippen molar-refractivity contribution in [1.29, 1.82) is 0 Å². The Morgan fingerprint density at radius 3 is 2.88 bits per heavy atom. The van der Waals surface area contributed by atoms with E-state index in [0.717, 1.165) is 15.5 Å². The number of hydrogen-bond acceptors (Lipinski definition) is 5. The van der Waals surface area contributed by atoms with E-state index in [-0.39, 0.29) is 11.9 Å². The van der Waals surface area contributed by atoms with Gasteiger partial charge < -0.3 is 4.74 Å². The number of halogens is 2. The highest BCUT2D eigenvalue weighted by Gasteiger charge is 2.19. The Hall–Kier alpha value is -1.64. The number of carbonyl (C=O) groups excluding carboxylic acids is 1. The van der Waals surface area contributed by atoms with Gasteiger partial charge in [-0.3, -0.25) is 10.1 Å². The van der Waals surface area contributed by atoms with E-state index < -0.39 is 6.10 Å². The first-order chi connectivity index (χ1) is 11.3. The minimum atomic E-state index is -0.716. The number of amides is 1. The van der Waals surface area contributed by atoms with Gasteiger partial charge in [0.15, 0.2) is 6.10 Å². The Morgan fingerprint density at radius 1 is 1.46 bits per heavy atom. The maximum absolute atomic E-state index is 12.3. The lowest BCUT2D eigenvalue weighted by molar-refractivity contribution is -0.122. The van der Waals surface area contributed by atoms with Crippen LogP contribution in [0, 0.1) is 13.8 Å². The summed E-state index contributed by atoms with van der Waals surface area (Å²) in [6, 6.07) is 5.10. The number of benzene rings is 1. The molecule has 0 aliphatic heterocycles. The molecule has 126 valence electrons. The molecule has 0 aliphatic carbocycles. The summed E-state index contributed by atoms with van der Waals surface area (Å²) >= 11 is 10.8. The highest BCUT2D eigenvalue weighted by Crippen LogP contribution is 2.29. The first-order valence-corrected chi connectivity index (χ1v) is 9.09. The molecule has 2 aromatic heterocycles. The number of nitrogens with zero attached hydrogens (tertiary/aromatic N) is 3. The van der Waals surface area contributed by atoms with Gasteiger partial charge in [-0.05, 0) is 54.9 Å². The number of anilines is 1. The molecule has 0 radical (unpaired) electrons. The lowest BCUT2D eigenvalue weighted by Gasteiger charge is -2.14. The van der Waals surface area contributed by atoms with Crippen molar-refractivity contribution in [2.45, 2.75) is 26.9 Å². The third kappa shape index (κ3) is 3.40. The number of nitrogens with one attached hydrogen (secondary N) is 1. The van der Waals surface area contributed by atoms with Crippen molar-refractivity contribution in [2.24, 2.45) is 0 Å². The largest absolute Gasteiger partial charge is 0.480 e. The van der Waals surface area contributed by atoms with Crippen LogP contribution >= 0.6 is 38.9 Å². The molecule has 1 aromatic carbocycles. The number of carbonyl (C=O) groups is 1. The van der Waals surface area contributed by atoms with Crippen LogP contribution in [-0.4, -0.2) is 26.6 Å². The van der Waals surface area contributed by atoms with E-state index in [4.69, 9.17) is 16.3 Å². The van der Waals surface area contributed by atoms with E-state index in [1.165, 1.54) is 11.3 Å². The molecule has 24 heavy (non-hydrogen) atoms. The molecule has 0 saturated carbocycles. The lowest BCUT2D eigenvalue weighted by Crippen LogP contribution is -2.30. The smallest absolute Gasteiger partial charge is 0.267 e. The van der Waals surface area contributed by atoms with Crippen LogP contribution in [0.15, 0.2) is 22.7 Å². The molecule has 2 heterocycles. The van der Waals surface area contributed by atoms with Crippen LogP contribution in [0.2, 0.25) is 5.02 Å². The zero-order valence-corrected chi connectivity index (χ0v) is 16.3. The van der Waals surface area contributed by atoms with Crippen molar-refractivity contribution in [3.63, 3.8) is 0 Å². The molecule has 3 rings (SSSR count). The summed E-state index contributed by atoms with van der Waals surface area (Å²) in [5.74, 6) is 0.469. The fraction of sp³-hybridized carbons (Fsp3) is 0.267. The molecule has 1 unspecified atom stereocenters. The summed E-state index contributed by atoms with van der Waals surface area (Å²) in [6.07, 6.45) is -0.716. The number of fused-ring (bicyclic) bond motifs is 1. The van der Waals surface area contributed by atoms with Gasteiger partial charge in [0.25, 0.3) is 11.9 Å². The van der Waals surface area contributed by atoms with Gasteiger partial charge in [0, 0.05) is 9.90 Å². The van der Waals surface area contributed by atoms with E-state index >= 15 is 0 Å². The van der Waals surface area contributed by atoms with Gasteiger partial charge in [0.2, 0.25) is 4.96 Å². The maximum atomic E-state index is 12.3. The summed E-state index contributed by atoms with van der Waals surface area (Å²) in [5.41, 5.74) is 1.01. The quantitative estimate of drug-likeness (QED) is 0.674. The van der Waals surface area contributed by atoms with Crippen molar-refractivity contribution in [3.8, 4) is 5.75 Å². The SMILES string of the molecule is Cc1sc2nc(NC(=O)C(C)Oc3ccc(Cl)cc3Br)nn2c1C. The van der Waals surface area contributed by atoms with Gasteiger partial charge in [0.05, 0.1) is 10.2 Å². The second-order valence-electron chi connectivity index (χ2n) is 5.20. The number of aryl methyl sites for hydroxylation is 2. The Kier molecular flexibility index (Phi) is 4.80. The zero-order valence-electron chi connectivity index (χ0n) is 13.1. The molecule has 0 bridgehead atoms. The molecule has 6 nitrogen and oxygen atoms in total. The molecule has 0 spiro atoms. The van der Waals surface area contributed by atoms with Crippen LogP contribution < -0.4 is 10.1 Å². The molecule has 1 amide bonds. The number of ether oxygens (including phenoxy) is 1. The summed E-state index contributed by atoms with van der Waals surface area (Å²) in [7, 11) is 0. The minimum Gasteiger partial charge on any atom is -0.480 e. The van der Waals surface area contributed by atoms with Crippen LogP contribution in [0.1, 0.15) is 17.5 Å². The van der Waals surface area contributed by atoms with E-state index in [1.54, 1.807) is 29.6 Å². The first-order valence-electron chi connectivity index (χ1n) is 7.10. The van der Waals surface area contributed by atoms with E-state index in [0.29, 0.717) is 15.2 Å². The van der Waals surface area contributed by atoms with Crippen LogP contribution in [0.5, 0.6) is 5.75 Å². The molecular weight excluding hydrogens is 416 g/mol. The highest BCUT2D eigenvalue weighted by atomic mass is 79.9. The lowest BCUT2D eigenvalue weighted by atomic mass is 10.3. The average molecular weight is 430 g/mol. The molecule has 0 fully saturated rings. The van der Waals surface area contributed by atoms with Gasteiger partial charge in [-0.25, -0.2) is 4.52 Å². The van der Waals surface area contributed by atoms with Crippen molar-refractivity contribution < 1.29 is 9.53 Å². The topological polar surface area (TPSA) is 68.5 Å². The average Bonchev–Trinajstić information content (AvgIpc) is 3.01. The summed E-state index contributed by atoms with van der Waals surface area (Å²) < 4.78 is 8.06. The Balaban J connectivity index is 1.70. The third-order valence-corrected chi connectivity index (χ3v) is 5.35. The normalized spacial score (nSPS) is 12.4. The Labute approximate surface area is 155 Å². The second kappa shape index (κ2) is 6.70. The number of thiazole rings is 1. The van der Waals surface area contributed by atoms with Crippen LogP contribution in [0.4, 0.5) is 5.95 Å². The van der Waals surface area contributed by atoms with Crippen molar-refractivity contribution in [2.75, 3.05) is 5.32 Å². The first kappa shape index (κ1) is 17.2. The molecule has 0 aliphatic rings. The molecule has 9 heteroatoms. The third-order valence-electron chi connectivity index (χ3n) is 3.45. The van der Waals surface area contributed by atoms with Gasteiger partial charge in [-0.2, -0.15) is 4.98 Å². The summed E-state index contributed by atoms with van der Waals surface area (Å²) in [4.78, 5) is 18.5. The van der Waals surface area contributed by atoms with E-state index in [1.807, 2.05) is 13.8 Å². The van der Waals surface area contributed by atoms with Gasteiger partial charge in [0.1, 0.15) is 5.75 Å². The number of aromatic nitrogens is 3. The molecular formula is C15H14BrClN4O2S. The maximum Gasteiger partial charge on any atom is 0.267 e. The van der Waals surface area contributed by atoms with E-state index in [9.17, 15) is 4.79 Å². The van der Waals surface area contributed by atoms with E-state index in [2.05, 4.69) is 31.3 Å². The second-order valence-corrected chi connectivity index (χ2v) is 7.67. The predicted octanol–water partition coefficient (Wildman–Crippen LogP) is 4.23. The monoisotopic (exact) mass is 428 g/mol. The van der Waals surface area contributed by atoms with Gasteiger partial charge in [-0.15, -0.1) is 5.10 Å². The predicted molar refractivity (Wildman–Crippen MR) is 98.2 cm³/mol. The summed E-state index contributed by atoms with van der Waals surface area (Å²) in [5, 5.41) is 7.55. The Morgan fingerprint density at radius 2 is 2.21 bits per heavy atom. The van der Waals surface area contributed by atoms with Crippen LogP contribution in [0.3, 0.4) is 0 Å². The molecule has 1 atom stereocenters. The zero-order chi connectivity index (χ0) is 17.4. The number of hydrogen-bond donors (Lipinski definition) is 1. The van der Waals surface area contributed by atoms with Crippen LogP contribution in [0.25, 0.3) is 4.96 Å². The fourth-order valence-corrected chi connectivity index (χ4v) is 3.70. The standard InChI is InChI=1S/C15H14BrClN4O2S/c1-7-9(3)24-15-19-14(20-21(7)15)18-13(22)8(2)23-12-5-4-10(17)6-11(12)16/h4-6,8H,1-3H3,(H,18,20,22). The fourth-order valence-electron chi connectivity index (χ4n) is 2.02. The highest BCUT2D eigenvalue weighted by molar-refractivity contribution is 9.10. The Bertz CT molecular complexity index is 924. The van der Waals surface area contributed by atoms with Gasteiger partial charge >= 0.3 is 0 Å². The molecule has 3 aromatic rings. The summed E-state index contributed by atoms with van der Waals surface area (Å²) in [6.45, 7) is 5.63. The molecule has 1 N–H and O–H groups in total. The number of rotatable bonds is 4. The van der Waals surface area contributed by atoms with Crippen molar-refractivity contribution >= 4 is 55.7 Å². The van der Waals surface area contributed by atoms with Crippen molar-refractivity contribution in [3.05, 3.63) is 38.3 Å². The molecule has 0 saturated heterocycles.